The predicted octanol–water partition coefficient (Wildman–Crippen LogP) is 3.03. The summed E-state index contributed by atoms with van der Waals surface area (Å²) in [5.74, 6) is -0.136. The first-order chi connectivity index (χ1) is 17.0. The molecule has 0 unspecified atom stereocenters. The van der Waals surface area contributed by atoms with E-state index in [1.54, 1.807) is 36.4 Å². The third kappa shape index (κ3) is 7.41. The minimum absolute atomic E-state index is 0.136. The van der Waals surface area contributed by atoms with Gasteiger partial charge in [0.25, 0.3) is 0 Å². The molecule has 1 saturated heterocycles. The van der Waals surface area contributed by atoms with Crippen LogP contribution in [0.2, 0.25) is 10.0 Å². The Labute approximate surface area is 214 Å². The Morgan fingerprint density at radius 1 is 1.14 bits per heavy atom. The molecule has 10 heteroatoms. The first kappa shape index (κ1) is 25.4. The van der Waals surface area contributed by atoms with E-state index < -0.39 is 6.09 Å². The summed E-state index contributed by atoms with van der Waals surface area (Å²) in [5.41, 5.74) is 2.83. The summed E-state index contributed by atoms with van der Waals surface area (Å²) in [5, 5.41) is 9.77. The van der Waals surface area contributed by atoms with Gasteiger partial charge in [0.05, 0.1) is 45.0 Å². The molecule has 4 rings (SSSR count). The molecule has 2 aromatic carbocycles. The van der Waals surface area contributed by atoms with E-state index in [-0.39, 0.29) is 12.3 Å². The number of benzene rings is 2. The molecule has 2 aliphatic rings. The molecule has 2 N–H and O–H groups in total. The second kappa shape index (κ2) is 12.4. The smallest absolute Gasteiger partial charge is 0.411 e. The van der Waals surface area contributed by atoms with Gasteiger partial charge in [-0.2, -0.15) is 5.10 Å². The molecule has 0 aliphatic carbocycles. The number of ether oxygens (including phenoxy) is 2. The lowest BCUT2D eigenvalue weighted by atomic mass is 10.1. The van der Waals surface area contributed by atoms with Gasteiger partial charge in [0.2, 0.25) is 5.91 Å². The Hall–Kier alpha value is -2.65. The molecule has 2 aromatic rings. The van der Waals surface area contributed by atoms with Crippen molar-refractivity contribution in [2.75, 3.05) is 51.3 Å². The van der Waals surface area contributed by atoms with Crippen LogP contribution in [0.1, 0.15) is 24.0 Å². The van der Waals surface area contributed by atoms with Crippen molar-refractivity contribution in [3.63, 3.8) is 0 Å². The van der Waals surface area contributed by atoms with Gasteiger partial charge in [-0.1, -0.05) is 35.3 Å². The van der Waals surface area contributed by atoms with Gasteiger partial charge in [0, 0.05) is 34.1 Å². The lowest BCUT2D eigenvalue weighted by molar-refractivity contribution is -0.908. The van der Waals surface area contributed by atoms with Crippen molar-refractivity contribution in [1.29, 1.82) is 0 Å². The van der Waals surface area contributed by atoms with Crippen molar-refractivity contribution in [3.8, 4) is 0 Å². The summed E-state index contributed by atoms with van der Waals surface area (Å²) in [6.07, 6.45) is 1.06. The van der Waals surface area contributed by atoms with E-state index in [9.17, 15) is 9.59 Å². The van der Waals surface area contributed by atoms with Gasteiger partial charge in [0.1, 0.15) is 13.1 Å². The highest BCUT2D eigenvalue weighted by Crippen LogP contribution is 2.25. The van der Waals surface area contributed by atoms with E-state index in [0.717, 1.165) is 56.1 Å². The van der Waals surface area contributed by atoms with Gasteiger partial charge in [-0.05, 0) is 35.9 Å². The maximum atomic E-state index is 12.8. The molecular formula is C25H29Cl2N4O4+. The Morgan fingerprint density at radius 2 is 1.97 bits per heavy atom. The largest absolute Gasteiger partial charge is 0.449 e. The van der Waals surface area contributed by atoms with Gasteiger partial charge < -0.3 is 14.4 Å². The maximum absolute atomic E-state index is 12.8. The van der Waals surface area contributed by atoms with E-state index in [4.69, 9.17) is 32.7 Å². The van der Waals surface area contributed by atoms with Crippen LogP contribution in [0.3, 0.4) is 0 Å². The summed E-state index contributed by atoms with van der Waals surface area (Å²) in [7, 11) is 0. The molecule has 0 bridgehead atoms. The second-order valence-electron chi connectivity index (χ2n) is 8.54. The Bertz CT molecular complexity index is 1090. The molecular weight excluding hydrogens is 491 g/mol. The summed E-state index contributed by atoms with van der Waals surface area (Å²) in [6.45, 7) is 5.37. The molecule has 2 aliphatic heterocycles. The van der Waals surface area contributed by atoms with Gasteiger partial charge in [-0.15, -0.1) is 0 Å². The molecule has 0 atom stereocenters. The number of morpholine rings is 1. The number of carbonyl (C=O) groups is 2. The molecule has 0 spiro atoms. The third-order valence-electron chi connectivity index (χ3n) is 5.97. The zero-order valence-electron chi connectivity index (χ0n) is 19.4. The van der Waals surface area contributed by atoms with Crippen molar-refractivity contribution in [3.05, 3.63) is 63.6 Å². The van der Waals surface area contributed by atoms with E-state index in [1.165, 1.54) is 9.91 Å². The normalized spacial score (nSPS) is 16.2. The zero-order chi connectivity index (χ0) is 24.6. The first-order valence-electron chi connectivity index (χ1n) is 11.8. The molecule has 0 radical (unpaired) electrons. The van der Waals surface area contributed by atoms with Crippen molar-refractivity contribution in [1.82, 2.24) is 5.01 Å². The fraction of sp³-hybridized carbons (Fsp3) is 0.400. The summed E-state index contributed by atoms with van der Waals surface area (Å²) in [4.78, 5) is 26.4. The summed E-state index contributed by atoms with van der Waals surface area (Å²) in [6, 6.07) is 12.4. The van der Waals surface area contributed by atoms with Crippen molar-refractivity contribution in [2.24, 2.45) is 5.10 Å². The van der Waals surface area contributed by atoms with Gasteiger partial charge >= 0.3 is 6.09 Å². The van der Waals surface area contributed by atoms with Crippen LogP contribution in [0.25, 0.3) is 0 Å². The van der Waals surface area contributed by atoms with Gasteiger partial charge in [-0.3, -0.25) is 10.1 Å². The van der Waals surface area contributed by atoms with Crippen LogP contribution in [0.5, 0.6) is 0 Å². The number of hydrogen-bond acceptors (Lipinski definition) is 5. The number of amides is 2. The Kier molecular flexibility index (Phi) is 8.98. The summed E-state index contributed by atoms with van der Waals surface area (Å²) < 4.78 is 10.7. The second-order valence-corrected chi connectivity index (χ2v) is 9.39. The molecule has 0 aromatic heterocycles. The topological polar surface area (TPSA) is 84.7 Å². The highest BCUT2D eigenvalue weighted by Gasteiger charge is 2.23. The number of nitrogens with one attached hydrogen (secondary N) is 2. The van der Waals surface area contributed by atoms with Crippen LogP contribution >= 0.6 is 23.2 Å². The SMILES string of the molecule is O=C(Nc1cccc(CC(=O)N2CCC(c3cc(Cl)ccc3Cl)=N2)c1)OCCC[NH+]1CCOCC1. The fourth-order valence-electron chi connectivity index (χ4n) is 4.12. The quantitative estimate of drug-likeness (QED) is 0.525. The zero-order valence-corrected chi connectivity index (χ0v) is 20.9. The number of nitrogens with zero attached hydrogens (tertiary/aromatic N) is 2. The number of hydrogen-bond donors (Lipinski definition) is 2. The van der Waals surface area contributed by atoms with E-state index in [2.05, 4.69) is 10.4 Å². The first-order valence-corrected chi connectivity index (χ1v) is 12.5. The average Bonchev–Trinajstić information content (AvgIpc) is 3.35. The van der Waals surface area contributed by atoms with Crippen molar-refractivity contribution < 1.29 is 24.0 Å². The molecule has 186 valence electrons. The molecule has 1 fully saturated rings. The fourth-order valence-corrected chi connectivity index (χ4v) is 4.52. The molecule has 8 nitrogen and oxygen atoms in total. The Morgan fingerprint density at radius 3 is 2.80 bits per heavy atom. The van der Waals surface area contributed by atoms with Crippen molar-refractivity contribution in [2.45, 2.75) is 19.3 Å². The average molecular weight is 520 g/mol. The number of carbonyl (C=O) groups excluding carboxylic acids is 2. The third-order valence-corrected chi connectivity index (χ3v) is 6.53. The van der Waals surface area contributed by atoms with E-state index >= 15 is 0 Å². The van der Waals surface area contributed by atoms with Crippen molar-refractivity contribution >= 4 is 46.6 Å². The van der Waals surface area contributed by atoms with E-state index in [0.29, 0.717) is 35.3 Å². The van der Waals surface area contributed by atoms with Crippen LogP contribution < -0.4 is 10.2 Å². The Balaban J connectivity index is 1.25. The molecule has 35 heavy (non-hydrogen) atoms. The highest BCUT2D eigenvalue weighted by atomic mass is 35.5. The van der Waals surface area contributed by atoms with Gasteiger partial charge in [-0.25, -0.2) is 9.80 Å². The van der Waals surface area contributed by atoms with Crippen LogP contribution in [-0.4, -0.2) is 68.7 Å². The summed E-state index contributed by atoms with van der Waals surface area (Å²) >= 11 is 12.4. The lowest BCUT2D eigenvalue weighted by Crippen LogP contribution is -3.14. The van der Waals surface area contributed by atoms with Crippen LogP contribution in [0, 0.1) is 0 Å². The van der Waals surface area contributed by atoms with Gasteiger partial charge in [0.15, 0.2) is 0 Å². The number of halogens is 2. The van der Waals surface area contributed by atoms with Crippen LogP contribution in [0.15, 0.2) is 47.6 Å². The molecule has 2 heterocycles. The van der Waals surface area contributed by atoms with E-state index in [1.807, 2.05) is 6.07 Å². The minimum atomic E-state index is -0.502. The predicted molar refractivity (Wildman–Crippen MR) is 135 cm³/mol. The number of hydrazone groups is 1. The number of rotatable bonds is 8. The molecule has 2 amide bonds. The minimum Gasteiger partial charge on any atom is -0.449 e. The molecule has 0 saturated carbocycles. The van der Waals surface area contributed by atoms with Crippen LogP contribution in [-0.2, 0) is 20.7 Å². The standard InChI is InChI=1S/C25H28Cl2N4O4/c26-19-5-6-22(27)21(17-19)23-7-9-31(29-23)24(32)16-18-3-1-4-20(15-18)28-25(33)35-12-2-8-30-10-13-34-14-11-30/h1,3-6,15,17H,2,7-14,16H2,(H,28,33)/p+1. The maximum Gasteiger partial charge on any atom is 0.411 e. The lowest BCUT2D eigenvalue weighted by Gasteiger charge is -2.23. The number of anilines is 1. The number of quaternary nitrogens is 1. The van der Waals surface area contributed by atoms with Crippen LogP contribution in [0.4, 0.5) is 10.5 Å². The monoisotopic (exact) mass is 519 g/mol. The highest BCUT2D eigenvalue weighted by molar-refractivity contribution is 6.36.